The van der Waals surface area contributed by atoms with E-state index in [0.29, 0.717) is 17.8 Å². The lowest BCUT2D eigenvalue weighted by molar-refractivity contribution is -0.120. The van der Waals surface area contributed by atoms with Gasteiger partial charge in [-0.2, -0.15) is 5.26 Å². The molecule has 0 saturated heterocycles. The average molecular weight is 323 g/mol. The number of methoxy groups -OCH3 is 1. The summed E-state index contributed by atoms with van der Waals surface area (Å²) < 4.78 is 5.14. The van der Waals surface area contributed by atoms with Crippen LogP contribution in [0, 0.1) is 11.3 Å². The van der Waals surface area contributed by atoms with Crippen LogP contribution in [0.3, 0.4) is 0 Å². The first-order chi connectivity index (χ1) is 11.5. The number of nitrogens with zero attached hydrogens (tertiary/aromatic N) is 2. The Kier molecular flexibility index (Phi) is 5.94. The van der Waals surface area contributed by atoms with Crippen LogP contribution in [0.5, 0.6) is 5.75 Å². The molecule has 0 heterocycles. The summed E-state index contributed by atoms with van der Waals surface area (Å²) in [5.74, 6) is 0.700. The van der Waals surface area contributed by atoms with Crippen molar-refractivity contribution in [2.45, 2.75) is 19.5 Å². The van der Waals surface area contributed by atoms with E-state index >= 15 is 0 Å². The van der Waals surface area contributed by atoms with Crippen molar-refractivity contribution in [1.82, 2.24) is 4.90 Å². The molecule has 0 saturated carbocycles. The Morgan fingerprint density at radius 2 is 2.00 bits per heavy atom. The highest BCUT2D eigenvalue weighted by Gasteiger charge is 2.18. The van der Waals surface area contributed by atoms with Crippen molar-refractivity contribution in [3.63, 3.8) is 0 Å². The van der Waals surface area contributed by atoms with Crippen molar-refractivity contribution < 1.29 is 9.53 Å². The topological polar surface area (TPSA) is 65.4 Å². The maximum atomic E-state index is 12.4. The number of amides is 1. The maximum Gasteiger partial charge on any atom is 0.241 e. The molecule has 2 rings (SSSR count). The zero-order valence-electron chi connectivity index (χ0n) is 14.1. The smallest absolute Gasteiger partial charge is 0.241 e. The molecule has 0 aliphatic rings. The van der Waals surface area contributed by atoms with Crippen molar-refractivity contribution >= 4 is 11.6 Å². The van der Waals surface area contributed by atoms with Gasteiger partial charge < -0.3 is 10.1 Å². The molecule has 0 bridgehead atoms. The number of ether oxygens (including phenoxy) is 1. The fourth-order valence-corrected chi connectivity index (χ4v) is 2.27. The van der Waals surface area contributed by atoms with E-state index in [0.717, 1.165) is 11.3 Å². The van der Waals surface area contributed by atoms with Gasteiger partial charge in [0.1, 0.15) is 5.75 Å². The summed E-state index contributed by atoms with van der Waals surface area (Å²) in [6.07, 6.45) is 0. The van der Waals surface area contributed by atoms with Gasteiger partial charge in [-0.25, -0.2) is 0 Å². The van der Waals surface area contributed by atoms with Gasteiger partial charge in [0.25, 0.3) is 0 Å². The molecular formula is C19H21N3O2. The van der Waals surface area contributed by atoms with Gasteiger partial charge in [0.2, 0.25) is 5.91 Å². The number of benzene rings is 2. The third-order valence-corrected chi connectivity index (χ3v) is 3.89. The van der Waals surface area contributed by atoms with Crippen molar-refractivity contribution in [2.24, 2.45) is 0 Å². The fraction of sp³-hybridized carbons (Fsp3) is 0.263. The van der Waals surface area contributed by atoms with E-state index in [4.69, 9.17) is 10.00 Å². The molecule has 0 aliphatic carbocycles. The molecule has 124 valence electrons. The third-order valence-electron chi connectivity index (χ3n) is 3.89. The Hall–Kier alpha value is -2.84. The summed E-state index contributed by atoms with van der Waals surface area (Å²) >= 11 is 0. The van der Waals surface area contributed by atoms with Crippen LogP contribution in [-0.4, -0.2) is 31.0 Å². The minimum Gasteiger partial charge on any atom is -0.497 e. The third kappa shape index (κ3) is 4.58. The van der Waals surface area contributed by atoms with E-state index in [1.807, 2.05) is 43.1 Å². The molecule has 1 N–H and O–H groups in total. The number of hydrogen-bond acceptors (Lipinski definition) is 4. The molecule has 0 radical (unpaired) electrons. The highest BCUT2D eigenvalue weighted by atomic mass is 16.5. The lowest BCUT2D eigenvalue weighted by Gasteiger charge is -2.24. The first-order valence-corrected chi connectivity index (χ1v) is 7.67. The van der Waals surface area contributed by atoms with Gasteiger partial charge in [0.15, 0.2) is 0 Å². The van der Waals surface area contributed by atoms with Crippen LogP contribution < -0.4 is 10.1 Å². The summed E-state index contributed by atoms with van der Waals surface area (Å²) in [5, 5.41) is 11.8. The van der Waals surface area contributed by atoms with E-state index < -0.39 is 0 Å². The Labute approximate surface area is 142 Å². The van der Waals surface area contributed by atoms with Gasteiger partial charge in [-0.1, -0.05) is 18.2 Å². The van der Waals surface area contributed by atoms with Gasteiger partial charge >= 0.3 is 0 Å². The van der Waals surface area contributed by atoms with Crippen molar-refractivity contribution in [1.29, 1.82) is 5.26 Å². The minimum atomic E-state index is -0.308. The average Bonchev–Trinajstić information content (AvgIpc) is 2.61. The Balaban J connectivity index is 1.97. The predicted molar refractivity (Wildman–Crippen MR) is 93.7 cm³/mol. The number of carbonyl (C=O) groups excluding carboxylic acids is 1. The molecule has 0 aliphatic heterocycles. The normalized spacial score (nSPS) is 11.6. The first-order valence-electron chi connectivity index (χ1n) is 7.67. The zero-order valence-corrected chi connectivity index (χ0v) is 14.1. The standard InChI is InChI=1S/C19H21N3O2/c1-14(19(23)21-17-6-4-5-16(11-17)12-20)22(2)13-15-7-9-18(24-3)10-8-15/h4-11,14H,13H2,1-3H3,(H,21,23). The first kappa shape index (κ1) is 17.5. The summed E-state index contributed by atoms with van der Waals surface area (Å²) in [5.41, 5.74) is 2.25. The number of hydrogen-bond donors (Lipinski definition) is 1. The number of carbonyl (C=O) groups is 1. The molecule has 2 aromatic carbocycles. The van der Waals surface area contributed by atoms with Gasteiger partial charge in [-0.15, -0.1) is 0 Å². The Bertz CT molecular complexity index is 735. The highest BCUT2D eigenvalue weighted by Crippen LogP contribution is 2.15. The molecule has 0 spiro atoms. The van der Waals surface area contributed by atoms with Crippen molar-refractivity contribution in [3.05, 3.63) is 59.7 Å². The lowest BCUT2D eigenvalue weighted by Crippen LogP contribution is -2.39. The zero-order chi connectivity index (χ0) is 17.5. The van der Waals surface area contributed by atoms with Crippen molar-refractivity contribution in [2.75, 3.05) is 19.5 Å². The SMILES string of the molecule is COc1ccc(CN(C)C(C)C(=O)Nc2cccc(C#N)c2)cc1. The molecule has 24 heavy (non-hydrogen) atoms. The van der Waals surface area contributed by atoms with Crippen LogP contribution in [0.15, 0.2) is 48.5 Å². The second-order valence-corrected chi connectivity index (χ2v) is 5.62. The van der Waals surface area contributed by atoms with Gasteiger partial charge in [0, 0.05) is 12.2 Å². The van der Waals surface area contributed by atoms with Crippen LogP contribution in [0.2, 0.25) is 0 Å². The molecular weight excluding hydrogens is 302 g/mol. The van der Waals surface area contributed by atoms with Crippen LogP contribution in [-0.2, 0) is 11.3 Å². The lowest BCUT2D eigenvalue weighted by atomic mass is 10.1. The molecule has 2 aromatic rings. The largest absolute Gasteiger partial charge is 0.497 e. The van der Waals surface area contributed by atoms with Crippen LogP contribution in [0.4, 0.5) is 5.69 Å². The molecule has 5 heteroatoms. The Morgan fingerprint density at radius 3 is 2.62 bits per heavy atom. The second kappa shape index (κ2) is 8.14. The fourth-order valence-electron chi connectivity index (χ4n) is 2.27. The summed E-state index contributed by atoms with van der Waals surface area (Å²) in [6, 6.07) is 16.4. The van der Waals surface area contributed by atoms with Gasteiger partial charge in [-0.05, 0) is 49.9 Å². The van der Waals surface area contributed by atoms with Gasteiger partial charge in [0.05, 0.1) is 24.8 Å². The molecule has 0 aromatic heterocycles. The summed E-state index contributed by atoms with van der Waals surface area (Å²) in [4.78, 5) is 14.4. The monoisotopic (exact) mass is 323 g/mol. The minimum absolute atomic E-state index is 0.110. The van der Waals surface area contributed by atoms with E-state index in [-0.39, 0.29) is 11.9 Å². The highest BCUT2D eigenvalue weighted by molar-refractivity contribution is 5.94. The molecule has 0 fully saturated rings. The summed E-state index contributed by atoms with van der Waals surface area (Å²) in [6.45, 7) is 2.50. The summed E-state index contributed by atoms with van der Waals surface area (Å²) in [7, 11) is 3.54. The predicted octanol–water partition coefficient (Wildman–Crippen LogP) is 3.03. The molecule has 1 unspecified atom stereocenters. The van der Waals surface area contributed by atoms with Crippen LogP contribution in [0.1, 0.15) is 18.1 Å². The molecule has 1 atom stereocenters. The Morgan fingerprint density at radius 1 is 1.29 bits per heavy atom. The van der Waals surface area contributed by atoms with Crippen molar-refractivity contribution in [3.8, 4) is 11.8 Å². The van der Waals surface area contributed by atoms with E-state index in [1.54, 1.807) is 31.4 Å². The second-order valence-electron chi connectivity index (χ2n) is 5.62. The molecule has 5 nitrogen and oxygen atoms in total. The molecule has 1 amide bonds. The number of rotatable bonds is 6. The van der Waals surface area contributed by atoms with E-state index in [9.17, 15) is 4.79 Å². The maximum absolute atomic E-state index is 12.4. The number of nitriles is 1. The number of nitrogens with one attached hydrogen (secondary N) is 1. The van der Waals surface area contributed by atoms with E-state index in [1.165, 1.54) is 0 Å². The van der Waals surface area contributed by atoms with Crippen LogP contribution >= 0.6 is 0 Å². The van der Waals surface area contributed by atoms with E-state index in [2.05, 4.69) is 11.4 Å². The quantitative estimate of drug-likeness (QED) is 0.887. The van der Waals surface area contributed by atoms with Crippen LogP contribution in [0.25, 0.3) is 0 Å². The van der Waals surface area contributed by atoms with Gasteiger partial charge in [-0.3, -0.25) is 9.69 Å². The number of anilines is 1. The number of likely N-dealkylation sites (N-methyl/N-ethyl adjacent to an activating group) is 1.